The summed E-state index contributed by atoms with van der Waals surface area (Å²) in [6.07, 6.45) is 1.03. The third-order valence-electron chi connectivity index (χ3n) is 6.21. The molecule has 0 bridgehead atoms. The molecule has 0 unspecified atom stereocenters. The molecule has 6 nitrogen and oxygen atoms in total. The monoisotopic (exact) mass is 498 g/mol. The highest BCUT2D eigenvalue weighted by atomic mass is 32.1. The maximum atomic E-state index is 14.4. The van der Waals surface area contributed by atoms with Crippen LogP contribution in [0, 0.1) is 23.4 Å². The normalized spacial score (nSPS) is 14.4. The number of aromatic amines is 1. The van der Waals surface area contributed by atoms with Gasteiger partial charge in [0.05, 0.1) is 5.52 Å². The van der Waals surface area contributed by atoms with E-state index in [1.54, 1.807) is 23.6 Å². The number of amides is 1. The molecule has 0 atom stereocenters. The number of anilines is 1. The third-order valence-corrected chi connectivity index (χ3v) is 7.18. The minimum absolute atomic E-state index is 0.0202. The van der Waals surface area contributed by atoms with Crippen LogP contribution in [0.3, 0.4) is 0 Å². The highest BCUT2D eigenvalue weighted by Crippen LogP contribution is 2.33. The summed E-state index contributed by atoms with van der Waals surface area (Å²) in [4.78, 5) is 34.6. The van der Waals surface area contributed by atoms with Crippen LogP contribution in [0.5, 0.6) is 0 Å². The fourth-order valence-electron chi connectivity index (χ4n) is 4.28. The summed E-state index contributed by atoms with van der Waals surface area (Å²) in [7, 11) is 0. The predicted molar refractivity (Wildman–Crippen MR) is 129 cm³/mol. The lowest BCUT2D eigenvalue weighted by atomic mass is 9.96. The molecule has 2 aromatic carbocycles. The molecule has 0 saturated carbocycles. The number of hydrogen-bond donors (Lipinski definition) is 2. The van der Waals surface area contributed by atoms with Crippen LogP contribution in [-0.2, 0) is 11.3 Å². The van der Waals surface area contributed by atoms with Gasteiger partial charge < -0.3 is 10.2 Å². The van der Waals surface area contributed by atoms with Gasteiger partial charge in [0, 0.05) is 53.7 Å². The van der Waals surface area contributed by atoms with Crippen LogP contribution in [0.2, 0.25) is 0 Å². The zero-order valence-corrected chi connectivity index (χ0v) is 19.3. The Morgan fingerprint density at radius 2 is 1.86 bits per heavy atom. The number of halogens is 3. The summed E-state index contributed by atoms with van der Waals surface area (Å²) in [6, 6.07) is 9.61. The third kappa shape index (κ3) is 4.66. The highest BCUT2D eigenvalue weighted by Gasteiger charge is 2.27. The Morgan fingerprint density at radius 1 is 1.09 bits per heavy atom. The Labute approximate surface area is 202 Å². The second-order valence-electron chi connectivity index (χ2n) is 8.41. The molecule has 0 spiro atoms. The molecule has 3 heterocycles. The smallest absolute Gasteiger partial charge is 0.270 e. The number of nitrogens with zero attached hydrogens (tertiary/aromatic N) is 2. The molecule has 0 radical (unpaired) electrons. The van der Waals surface area contributed by atoms with Gasteiger partial charge in [0.15, 0.2) is 0 Å². The fraction of sp³-hybridized carbons (Fsp3) is 0.240. The lowest BCUT2D eigenvalue weighted by Gasteiger charge is -2.31. The molecular weight excluding hydrogens is 477 g/mol. The van der Waals surface area contributed by atoms with Crippen molar-refractivity contribution in [3.8, 4) is 11.1 Å². The van der Waals surface area contributed by atoms with Crippen molar-refractivity contribution in [2.75, 3.05) is 18.0 Å². The van der Waals surface area contributed by atoms with E-state index < -0.39 is 11.6 Å². The number of fused-ring (bicyclic) bond motifs is 1. The second kappa shape index (κ2) is 9.53. The number of aromatic nitrogens is 2. The van der Waals surface area contributed by atoms with Gasteiger partial charge in [-0.2, -0.15) is 0 Å². The molecule has 2 N–H and O–H groups in total. The maximum Gasteiger partial charge on any atom is 0.270 e. The van der Waals surface area contributed by atoms with Gasteiger partial charge in [-0.25, -0.2) is 18.2 Å². The van der Waals surface area contributed by atoms with Crippen molar-refractivity contribution in [1.82, 2.24) is 15.3 Å². The van der Waals surface area contributed by atoms with Crippen LogP contribution < -0.4 is 15.8 Å². The van der Waals surface area contributed by atoms with Gasteiger partial charge in [0.1, 0.15) is 22.2 Å². The van der Waals surface area contributed by atoms with Gasteiger partial charge in [-0.1, -0.05) is 24.3 Å². The molecule has 1 aliphatic rings. The molecule has 35 heavy (non-hydrogen) atoms. The van der Waals surface area contributed by atoms with Crippen molar-refractivity contribution in [3.05, 3.63) is 81.2 Å². The Kier molecular flexibility index (Phi) is 6.29. The number of nitrogens with one attached hydrogen (secondary N) is 2. The van der Waals surface area contributed by atoms with E-state index in [1.807, 2.05) is 4.90 Å². The van der Waals surface area contributed by atoms with Crippen molar-refractivity contribution in [2.24, 2.45) is 5.92 Å². The molecular formula is C25H21F3N4O2S. The number of hydrogen-bond acceptors (Lipinski definition) is 5. The zero-order valence-electron chi connectivity index (χ0n) is 18.5. The van der Waals surface area contributed by atoms with Crippen molar-refractivity contribution in [2.45, 2.75) is 19.4 Å². The van der Waals surface area contributed by atoms with Gasteiger partial charge in [0.25, 0.3) is 5.56 Å². The minimum atomic E-state index is -0.700. The SMILES string of the molecule is O=C(NCc1ccc(F)cc1F)C1CCN(c2nc3c(-c4ccccc4F)csc3c(=O)[nH]2)CC1. The highest BCUT2D eigenvalue weighted by molar-refractivity contribution is 7.17. The first-order valence-electron chi connectivity index (χ1n) is 11.1. The number of rotatable bonds is 5. The van der Waals surface area contributed by atoms with Crippen LogP contribution in [0.15, 0.2) is 52.6 Å². The first-order chi connectivity index (χ1) is 16.9. The molecule has 1 aliphatic heterocycles. The molecule has 2 aromatic heterocycles. The topological polar surface area (TPSA) is 78.1 Å². The molecule has 180 valence electrons. The van der Waals surface area contributed by atoms with E-state index in [2.05, 4.69) is 15.3 Å². The summed E-state index contributed by atoms with van der Waals surface area (Å²) in [5.74, 6) is -1.86. The lowest BCUT2D eigenvalue weighted by molar-refractivity contribution is -0.125. The van der Waals surface area contributed by atoms with E-state index >= 15 is 0 Å². The van der Waals surface area contributed by atoms with Gasteiger partial charge in [-0.3, -0.25) is 14.6 Å². The number of H-pyrrole nitrogens is 1. The van der Waals surface area contributed by atoms with E-state index in [0.717, 1.165) is 12.1 Å². The fourth-order valence-corrected chi connectivity index (χ4v) is 5.18. The lowest BCUT2D eigenvalue weighted by Crippen LogP contribution is -2.41. The minimum Gasteiger partial charge on any atom is -0.352 e. The molecule has 0 aliphatic carbocycles. The zero-order chi connectivity index (χ0) is 24.5. The molecule has 1 saturated heterocycles. The number of thiophene rings is 1. The summed E-state index contributed by atoms with van der Waals surface area (Å²) >= 11 is 1.22. The second-order valence-corrected chi connectivity index (χ2v) is 9.29. The van der Waals surface area contributed by atoms with E-state index in [4.69, 9.17) is 0 Å². The van der Waals surface area contributed by atoms with Gasteiger partial charge in [0.2, 0.25) is 11.9 Å². The van der Waals surface area contributed by atoms with Crippen molar-refractivity contribution >= 4 is 33.4 Å². The van der Waals surface area contributed by atoms with E-state index in [1.165, 1.54) is 23.5 Å². The predicted octanol–water partition coefficient (Wildman–Crippen LogP) is 4.60. The number of carbonyl (C=O) groups is 1. The summed E-state index contributed by atoms with van der Waals surface area (Å²) in [6.45, 7) is 0.945. The number of piperidine rings is 1. The van der Waals surface area contributed by atoms with Crippen LogP contribution >= 0.6 is 11.3 Å². The van der Waals surface area contributed by atoms with Gasteiger partial charge >= 0.3 is 0 Å². The summed E-state index contributed by atoms with van der Waals surface area (Å²) in [5.41, 5.74) is 1.32. The Bertz CT molecular complexity index is 1460. The first kappa shape index (κ1) is 23.1. The quantitative estimate of drug-likeness (QED) is 0.422. The average Bonchev–Trinajstić information content (AvgIpc) is 3.28. The first-order valence-corrected chi connectivity index (χ1v) is 12.0. The molecule has 10 heteroatoms. The summed E-state index contributed by atoms with van der Waals surface area (Å²) in [5, 5.41) is 4.45. The number of benzene rings is 2. The van der Waals surface area contributed by atoms with Gasteiger partial charge in [-0.15, -0.1) is 11.3 Å². The molecule has 4 aromatic rings. The molecule has 1 amide bonds. The number of carbonyl (C=O) groups excluding carboxylic acids is 1. The molecule has 1 fully saturated rings. The van der Waals surface area contributed by atoms with Crippen LogP contribution in [0.25, 0.3) is 21.3 Å². The maximum absolute atomic E-state index is 14.4. The molecule has 5 rings (SSSR count). The Morgan fingerprint density at radius 3 is 2.60 bits per heavy atom. The van der Waals surface area contributed by atoms with Crippen LogP contribution in [0.1, 0.15) is 18.4 Å². The van der Waals surface area contributed by atoms with Crippen molar-refractivity contribution in [1.29, 1.82) is 0 Å². The largest absolute Gasteiger partial charge is 0.352 e. The average molecular weight is 499 g/mol. The van der Waals surface area contributed by atoms with Crippen LogP contribution in [0.4, 0.5) is 19.1 Å². The van der Waals surface area contributed by atoms with E-state index in [9.17, 15) is 22.8 Å². The van der Waals surface area contributed by atoms with Crippen molar-refractivity contribution < 1.29 is 18.0 Å². The standard InChI is InChI=1S/C25H21F3N4O2S/c26-16-6-5-15(20(28)11-16)12-29-23(33)14-7-9-32(10-8-14)25-30-21-18(13-35-22(21)24(34)31-25)17-3-1-2-4-19(17)27/h1-6,11,13-14H,7-10,12H2,(H,29,33)(H,30,31,34). The Balaban J connectivity index is 1.28. The van der Waals surface area contributed by atoms with E-state index in [-0.39, 0.29) is 35.3 Å². The summed E-state index contributed by atoms with van der Waals surface area (Å²) < 4.78 is 41.7. The Hall–Kier alpha value is -3.66. The van der Waals surface area contributed by atoms with Crippen LogP contribution in [-0.4, -0.2) is 29.0 Å². The van der Waals surface area contributed by atoms with Crippen molar-refractivity contribution in [3.63, 3.8) is 0 Å². The van der Waals surface area contributed by atoms with Gasteiger partial charge in [-0.05, 0) is 25.0 Å². The van der Waals surface area contributed by atoms with E-state index in [0.29, 0.717) is 53.2 Å².